The number of halogens is 1. The second-order valence-electron chi connectivity index (χ2n) is 6.43. The van der Waals surface area contributed by atoms with E-state index in [1.54, 1.807) is 11.8 Å². The van der Waals surface area contributed by atoms with Crippen molar-refractivity contribution in [2.24, 2.45) is 0 Å². The number of hydrogen-bond donors (Lipinski definition) is 2. The lowest BCUT2D eigenvalue weighted by Gasteiger charge is -2.14. The van der Waals surface area contributed by atoms with Gasteiger partial charge in [0.05, 0.1) is 5.69 Å². The van der Waals surface area contributed by atoms with Crippen molar-refractivity contribution >= 4 is 52.1 Å². The Balaban J connectivity index is 1.63. The van der Waals surface area contributed by atoms with Gasteiger partial charge in [0.1, 0.15) is 0 Å². The number of thiocarbonyl (C=S) groups is 1. The van der Waals surface area contributed by atoms with Gasteiger partial charge in [-0.15, -0.1) is 0 Å². The lowest BCUT2D eigenvalue weighted by atomic mass is 10.1. The van der Waals surface area contributed by atoms with Crippen LogP contribution in [-0.4, -0.2) is 5.11 Å². The lowest BCUT2D eigenvalue weighted by Crippen LogP contribution is -2.19. The van der Waals surface area contributed by atoms with Gasteiger partial charge in [-0.25, -0.2) is 0 Å². The molecule has 2 nitrogen and oxygen atoms in total. The Morgan fingerprint density at radius 1 is 0.929 bits per heavy atom. The number of benzene rings is 3. The van der Waals surface area contributed by atoms with Crippen molar-refractivity contribution in [1.82, 2.24) is 0 Å². The number of nitrogens with one attached hydrogen (secondary N) is 2. The summed E-state index contributed by atoms with van der Waals surface area (Å²) in [6.45, 7) is 2.21. The molecule has 0 saturated carbocycles. The van der Waals surface area contributed by atoms with E-state index in [9.17, 15) is 0 Å². The van der Waals surface area contributed by atoms with Crippen LogP contribution >= 0.6 is 35.6 Å². The molecule has 0 fully saturated rings. The van der Waals surface area contributed by atoms with Crippen LogP contribution in [0.2, 0.25) is 5.02 Å². The van der Waals surface area contributed by atoms with Crippen molar-refractivity contribution in [3.63, 3.8) is 0 Å². The maximum atomic E-state index is 5.98. The number of para-hydroxylation sites is 1. The largest absolute Gasteiger partial charge is 0.332 e. The maximum absolute atomic E-state index is 5.98. The molecule has 0 unspecified atom stereocenters. The quantitative estimate of drug-likeness (QED) is 0.379. The minimum absolute atomic E-state index is 0.575. The van der Waals surface area contributed by atoms with Crippen molar-refractivity contribution in [3.8, 4) is 0 Å². The summed E-state index contributed by atoms with van der Waals surface area (Å²) < 4.78 is 0. The van der Waals surface area contributed by atoms with Crippen molar-refractivity contribution < 1.29 is 0 Å². The molecule has 0 aromatic heterocycles. The second kappa shape index (κ2) is 10.5. The summed E-state index contributed by atoms with van der Waals surface area (Å²) >= 11 is 13.2. The molecule has 0 heterocycles. The Morgan fingerprint density at radius 3 is 2.36 bits per heavy atom. The highest BCUT2D eigenvalue weighted by atomic mass is 35.5. The summed E-state index contributed by atoms with van der Waals surface area (Å²) in [5, 5.41) is 7.89. The van der Waals surface area contributed by atoms with Gasteiger partial charge in [0.15, 0.2) is 5.11 Å². The highest BCUT2D eigenvalue weighted by molar-refractivity contribution is 7.99. The Kier molecular flexibility index (Phi) is 7.78. The molecule has 0 aliphatic carbocycles. The van der Waals surface area contributed by atoms with Crippen LogP contribution in [0.4, 0.5) is 11.4 Å². The Bertz CT molecular complexity index is 909. The summed E-state index contributed by atoms with van der Waals surface area (Å²) in [4.78, 5) is 2.23. The zero-order valence-electron chi connectivity index (χ0n) is 15.7. The zero-order chi connectivity index (χ0) is 19.8. The fraction of sp³-hybridized carbons (Fsp3) is 0.174. The van der Waals surface area contributed by atoms with Crippen LogP contribution in [0.5, 0.6) is 0 Å². The third kappa shape index (κ3) is 6.26. The average Bonchev–Trinajstić information content (AvgIpc) is 2.70. The number of unbranched alkanes of at least 4 members (excludes halogenated alkanes) is 1. The second-order valence-corrected chi connectivity index (χ2v) is 8.39. The predicted molar refractivity (Wildman–Crippen MR) is 127 cm³/mol. The van der Waals surface area contributed by atoms with Gasteiger partial charge in [0.25, 0.3) is 0 Å². The van der Waals surface area contributed by atoms with Gasteiger partial charge >= 0.3 is 0 Å². The van der Waals surface area contributed by atoms with E-state index in [-0.39, 0.29) is 0 Å². The SMILES string of the molecule is CCCCc1ccc(NC(=S)Nc2ccccc2Sc2ccc(Cl)cc2)cc1. The minimum atomic E-state index is 0.575. The van der Waals surface area contributed by atoms with E-state index in [1.165, 1.54) is 18.4 Å². The van der Waals surface area contributed by atoms with E-state index >= 15 is 0 Å². The molecule has 0 spiro atoms. The van der Waals surface area contributed by atoms with Gasteiger partial charge in [0, 0.05) is 20.5 Å². The number of anilines is 2. The van der Waals surface area contributed by atoms with Crippen LogP contribution in [0.1, 0.15) is 25.3 Å². The van der Waals surface area contributed by atoms with Crippen molar-refractivity contribution in [2.75, 3.05) is 10.6 Å². The maximum Gasteiger partial charge on any atom is 0.175 e. The summed E-state index contributed by atoms with van der Waals surface area (Å²) in [7, 11) is 0. The van der Waals surface area contributed by atoms with Crippen LogP contribution in [0.3, 0.4) is 0 Å². The first-order valence-corrected chi connectivity index (χ1v) is 10.9. The fourth-order valence-electron chi connectivity index (χ4n) is 2.71. The Labute approximate surface area is 181 Å². The van der Waals surface area contributed by atoms with E-state index in [4.69, 9.17) is 23.8 Å². The van der Waals surface area contributed by atoms with Gasteiger partial charge in [-0.3, -0.25) is 0 Å². The highest BCUT2D eigenvalue weighted by Gasteiger charge is 2.06. The molecule has 2 N–H and O–H groups in total. The molecular formula is C23H23ClN2S2. The van der Waals surface area contributed by atoms with Crippen molar-refractivity contribution in [2.45, 2.75) is 36.0 Å². The molecule has 3 rings (SSSR count). The number of rotatable bonds is 7. The molecule has 5 heteroatoms. The Hall–Kier alpha value is -2.01. The Morgan fingerprint density at radius 2 is 1.64 bits per heavy atom. The van der Waals surface area contributed by atoms with E-state index in [2.05, 4.69) is 47.9 Å². The normalized spacial score (nSPS) is 10.5. The van der Waals surface area contributed by atoms with E-state index in [1.807, 2.05) is 42.5 Å². The first-order valence-electron chi connectivity index (χ1n) is 9.33. The summed E-state index contributed by atoms with van der Waals surface area (Å²) in [6, 6.07) is 24.4. The molecule has 3 aromatic carbocycles. The summed E-state index contributed by atoms with van der Waals surface area (Å²) in [5.41, 5.74) is 3.32. The van der Waals surface area contributed by atoms with Crippen LogP contribution < -0.4 is 10.6 Å². The van der Waals surface area contributed by atoms with Gasteiger partial charge in [-0.05, 0) is 79.2 Å². The van der Waals surface area contributed by atoms with Crippen molar-refractivity contribution in [3.05, 3.63) is 83.4 Å². The smallest absolute Gasteiger partial charge is 0.175 e. The standard InChI is InChI=1S/C23H23ClN2S2/c1-2-3-6-17-9-13-19(14-10-17)25-23(27)26-21-7-4-5-8-22(21)28-20-15-11-18(24)12-16-20/h4-5,7-16H,2-3,6H2,1H3,(H2,25,26,27). The molecule has 0 saturated heterocycles. The molecule has 3 aromatic rings. The van der Waals surface area contributed by atoms with Crippen LogP contribution in [0.25, 0.3) is 0 Å². The molecule has 0 aliphatic rings. The minimum Gasteiger partial charge on any atom is -0.332 e. The topological polar surface area (TPSA) is 24.1 Å². The molecule has 0 atom stereocenters. The van der Waals surface area contributed by atoms with Crippen molar-refractivity contribution in [1.29, 1.82) is 0 Å². The molecular weight excluding hydrogens is 404 g/mol. The molecule has 0 bridgehead atoms. The predicted octanol–water partition coefficient (Wildman–Crippen LogP) is 7.64. The molecule has 0 amide bonds. The van der Waals surface area contributed by atoms with Crippen LogP contribution in [-0.2, 0) is 6.42 Å². The summed E-state index contributed by atoms with van der Waals surface area (Å²) in [5.74, 6) is 0. The fourth-order valence-corrected chi connectivity index (χ4v) is 3.96. The average molecular weight is 427 g/mol. The molecule has 0 aliphatic heterocycles. The van der Waals surface area contributed by atoms with E-state index < -0.39 is 0 Å². The third-order valence-corrected chi connectivity index (χ3v) is 5.75. The van der Waals surface area contributed by atoms with Crippen LogP contribution in [0.15, 0.2) is 82.6 Å². The van der Waals surface area contributed by atoms with Gasteiger partial charge in [0.2, 0.25) is 0 Å². The molecule has 0 radical (unpaired) electrons. The van der Waals surface area contributed by atoms with Gasteiger partial charge < -0.3 is 10.6 Å². The number of hydrogen-bond acceptors (Lipinski definition) is 2. The van der Waals surface area contributed by atoms with Gasteiger partial charge in [-0.2, -0.15) is 0 Å². The summed E-state index contributed by atoms with van der Waals surface area (Å²) in [6.07, 6.45) is 3.55. The van der Waals surface area contributed by atoms with Crippen LogP contribution in [0, 0.1) is 0 Å². The van der Waals surface area contributed by atoms with Gasteiger partial charge in [-0.1, -0.05) is 61.0 Å². The lowest BCUT2D eigenvalue weighted by molar-refractivity contribution is 0.795. The van der Waals surface area contributed by atoms with E-state index in [0.717, 1.165) is 32.6 Å². The monoisotopic (exact) mass is 426 g/mol. The number of aryl methyl sites for hydroxylation is 1. The first kappa shape index (κ1) is 20.7. The third-order valence-electron chi connectivity index (χ3n) is 4.21. The highest BCUT2D eigenvalue weighted by Crippen LogP contribution is 2.34. The molecule has 28 heavy (non-hydrogen) atoms. The first-order chi connectivity index (χ1) is 13.6. The van der Waals surface area contributed by atoms with E-state index in [0.29, 0.717) is 5.11 Å². The zero-order valence-corrected chi connectivity index (χ0v) is 18.1. The molecule has 144 valence electrons.